The van der Waals surface area contributed by atoms with E-state index in [1.165, 1.54) is 0 Å². The number of hydrogen-bond acceptors (Lipinski definition) is 3. The molecule has 1 heterocycles. The van der Waals surface area contributed by atoms with Gasteiger partial charge in [-0.3, -0.25) is 0 Å². The fourth-order valence-corrected chi connectivity index (χ4v) is 2.87. The third-order valence-corrected chi connectivity index (χ3v) is 4.30. The predicted octanol–water partition coefficient (Wildman–Crippen LogP) is 4.01. The lowest BCUT2D eigenvalue weighted by atomic mass is 10.1. The molecule has 1 aliphatic heterocycles. The summed E-state index contributed by atoms with van der Waals surface area (Å²) in [7, 11) is 0. The van der Waals surface area contributed by atoms with Crippen molar-refractivity contribution < 1.29 is 9.47 Å². The molecule has 0 saturated heterocycles. The van der Waals surface area contributed by atoms with Crippen LogP contribution in [-0.2, 0) is 0 Å². The number of rotatable bonds is 5. The van der Waals surface area contributed by atoms with Gasteiger partial charge in [0.15, 0.2) is 16.6 Å². The van der Waals surface area contributed by atoms with Crippen LogP contribution in [0.5, 0.6) is 11.5 Å². The number of thiocarbonyl (C=S) groups is 1. The third kappa shape index (κ3) is 3.59. The van der Waals surface area contributed by atoms with Gasteiger partial charge in [0, 0.05) is 23.8 Å². The minimum absolute atomic E-state index is 0.287. The summed E-state index contributed by atoms with van der Waals surface area (Å²) in [6.45, 7) is 9.07. The summed E-state index contributed by atoms with van der Waals surface area (Å²) in [5.41, 5.74) is 0.931. The maximum Gasteiger partial charge on any atom is 0.231 e. The average Bonchev–Trinajstić information content (AvgIpc) is 2.94. The van der Waals surface area contributed by atoms with E-state index in [-0.39, 0.29) is 6.79 Å². The molecule has 1 aromatic rings. The highest BCUT2D eigenvalue weighted by Crippen LogP contribution is 2.34. The number of anilines is 1. The summed E-state index contributed by atoms with van der Waals surface area (Å²) in [5.74, 6) is 1.55. The Bertz CT molecular complexity index is 497. The molecule has 2 rings (SSSR count). The summed E-state index contributed by atoms with van der Waals surface area (Å²) in [5, 5.41) is 4.09. The van der Waals surface area contributed by atoms with Crippen molar-refractivity contribution in [3.63, 3.8) is 0 Å². The summed E-state index contributed by atoms with van der Waals surface area (Å²) >= 11 is 5.61. The van der Waals surface area contributed by atoms with Crippen molar-refractivity contribution in [2.24, 2.45) is 0 Å². The second-order valence-electron chi connectivity index (χ2n) is 5.42. The maximum atomic E-state index is 5.61. The number of nitrogens with one attached hydrogen (secondary N) is 1. The van der Waals surface area contributed by atoms with E-state index in [2.05, 4.69) is 37.9 Å². The predicted molar refractivity (Wildman–Crippen MR) is 90.1 cm³/mol. The normalized spacial score (nSPS) is 15.4. The van der Waals surface area contributed by atoms with Gasteiger partial charge in [-0.05, 0) is 51.0 Å². The second kappa shape index (κ2) is 6.98. The highest BCUT2D eigenvalue weighted by molar-refractivity contribution is 7.80. The molecule has 1 N–H and O–H groups in total. The van der Waals surface area contributed by atoms with Gasteiger partial charge < -0.3 is 19.7 Å². The molecule has 2 atom stereocenters. The van der Waals surface area contributed by atoms with E-state index in [0.717, 1.165) is 35.1 Å². The first-order chi connectivity index (χ1) is 10.1. The number of benzene rings is 1. The molecular weight excluding hydrogens is 284 g/mol. The van der Waals surface area contributed by atoms with Gasteiger partial charge in [0.05, 0.1) is 0 Å². The summed E-state index contributed by atoms with van der Waals surface area (Å²) < 4.78 is 10.7. The molecule has 0 fully saturated rings. The molecule has 0 aliphatic carbocycles. The van der Waals surface area contributed by atoms with Crippen molar-refractivity contribution in [3.05, 3.63) is 18.2 Å². The molecule has 1 aliphatic rings. The molecule has 21 heavy (non-hydrogen) atoms. The third-order valence-electron chi connectivity index (χ3n) is 3.99. The lowest BCUT2D eigenvalue weighted by Crippen LogP contribution is -2.46. The molecule has 2 unspecified atom stereocenters. The molecule has 0 saturated carbocycles. The van der Waals surface area contributed by atoms with Crippen molar-refractivity contribution in [2.45, 2.75) is 52.6 Å². The first kappa shape index (κ1) is 15.9. The van der Waals surface area contributed by atoms with Gasteiger partial charge in [-0.25, -0.2) is 0 Å². The van der Waals surface area contributed by atoms with Gasteiger partial charge in [-0.15, -0.1) is 0 Å². The molecule has 0 radical (unpaired) electrons. The standard InChI is InChI=1S/C16H24N2O2S/c1-5-11(3)18(12(4)6-2)16(21)17-13-7-8-14-15(9-13)20-10-19-14/h7-9,11-12H,5-6,10H2,1-4H3,(H,17,21). The van der Waals surface area contributed by atoms with E-state index in [9.17, 15) is 0 Å². The van der Waals surface area contributed by atoms with Crippen LogP contribution in [0.2, 0.25) is 0 Å². The van der Waals surface area contributed by atoms with Crippen LogP contribution in [0.1, 0.15) is 40.5 Å². The topological polar surface area (TPSA) is 33.7 Å². The van der Waals surface area contributed by atoms with Gasteiger partial charge in [-0.2, -0.15) is 0 Å². The van der Waals surface area contributed by atoms with Crippen molar-refractivity contribution in [3.8, 4) is 11.5 Å². The zero-order valence-electron chi connectivity index (χ0n) is 13.2. The Morgan fingerprint density at radius 3 is 2.43 bits per heavy atom. The lowest BCUT2D eigenvalue weighted by molar-refractivity contribution is 0.174. The zero-order chi connectivity index (χ0) is 15.4. The highest BCUT2D eigenvalue weighted by atomic mass is 32.1. The Morgan fingerprint density at radius 1 is 1.19 bits per heavy atom. The van der Waals surface area contributed by atoms with Crippen LogP contribution in [-0.4, -0.2) is 28.9 Å². The monoisotopic (exact) mass is 308 g/mol. The van der Waals surface area contributed by atoms with Crippen LogP contribution in [0.4, 0.5) is 5.69 Å². The lowest BCUT2D eigenvalue weighted by Gasteiger charge is -2.36. The van der Waals surface area contributed by atoms with E-state index in [1.54, 1.807) is 0 Å². The van der Waals surface area contributed by atoms with Crippen LogP contribution in [0.25, 0.3) is 0 Å². The Morgan fingerprint density at radius 2 is 1.81 bits per heavy atom. The SMILES string of the molecule is CCC(C)N(C(=S)Nc1ccc2c(c1)OCO2)C(C)CC. The van der Waals surface area contributed by atoms with Crippen LogP contribution >= 0.6 is 12.2 Å². The number of fused-ring (bicyclic) bond motifs is 1. The van der Waals surface area contributed by atoms with Crippen molar-refractivity contribution >= 4 is 23.0 Å². The average molecular weight is 308 g/mol. The van der Waals surface area contributed by atoms with E-state index in [0.29, 0.717) is 12.1 Å². The molecule has 0 amide bonds. The Balaban J connectivity index is 2.11. The smallest absolute Gasteiger partial charge is 0.231 e. The molecule has 1 aromatic carbocycles. The van der Waals surface area contributed by atoms with Gasteiger partial charge >= 0.3 is 0 Å². The quantitative estimate of drug-likeness (QED) is 0.831. The van der Waals surface area contributed by atoms with E-state index in [1.807, 2.05) is 18.2 Å². The zero-order valence-corrected chi connectivity index (χ0v) is 14.0. The fourth-order valence-electron chi connectivity index (χ4n) is 2.39. The van der Waals surface area contributed by atoms with Crippen LogP contribution in [0, 0.1) is 0 Å². The van der Waals surface area contributed by atoms with Gasteiger partial charge in [0.1, 0.15) is 0 Å². The largest absolute Gasteiger partial charge is 0.454 e. The second-order valence-corrected chi connectivity index (χ2v) is 5.81. The first-order valence-electron chi connectivity index (χ1n) is 7.55. The van der Waals surface area contributed by atoms with Crippen molar-refractivity contribution in [1.29, 1.82) is 0 Å². The number of ether oxygens (including phenoxy) is 2. The Labute approximate surface area is 132 Å². The molecule has 0 spiro atoms. The molecule has 0 bridgehead atoms. The van der Waals surface area contributed by atoms with E-state index < -0.39 is 0 Å². The van der Waals surface area contributed by atoms with E-state index >= 15 is 0 Å². The fraction of sp³-hybridized carbons (Fsp3) is 0.562. The Kier molecular flexibility index (Phi) is 5.28. The Hall–Kier alpha value is -1.49. The molecule has 4 nitrogen and oxygen atoms in total. The first-order valence-corrected chi connectivity index (χ1v) is 7.96. The maximum absolute atomic E-state index is 5.61. The minimum atomic E-state index is 0.287. The molecule has 5 heteroatoms. The van der Waals surface area contributed by atoms with Gasteiger partial charge in [0.25, 0.3) is 0 Å². The van der Waals surface area contributed by atoms with Crippen molar-refractivity contribution in [1.82, 2.24) is 4.90 Å². The summed E-state index contributed by atoms with van der Waals surface area (Å²) in [6.07, 6.45) is 2.13. The van der Waals surface area contributed by atoms with Crippen LogP contribution in [0.15, 0.2) is 18.2 Å². The van der Waals surface area contributed by atoms with E-state index in [4.69, 9.17) is 21.7 Å². The highest BCUT2D eigenvalue weighted by Gasteiger charge is 2.21. The van der Waals surface area contributed by atoms with Crippen molar-refractivity contribution in [2.75, 3.05) is 12.1 Å². The number of hydrogen-bond donors (Lipinski definition) is 1. The van der Waals surface area contributed by atoms with Gasteiger partial charge in [0.2, 0.25) is 6.79 Å². The van der Waals surface area contributed by atoms with Crippen LogP contribution < -0.4 is 14.8 Å². The van der Waals surface area contributed by atoms with Crippen LogP contribution in [0.3, 0.4) is 0 Å². The molecule has 0 aromatic heterocycles. The van der Waals surface area contributed by atoms with Gasteiger partial charge in [-0.1, -0.05) is 13.8 Å². The summed E-state index contributed by atoms with van der Waals surface area (Å²) in [4.78, 5) is 2.28. The molecule has 116 valence electrons. The number of nitrogens with zero attached hydrogens (tertiary/aromatic N) is 1. The minimum Gasteiger partial charge on any atom is -0.454 e. The summed E-state index contributed by atoms with van der Waals surface area (Å²) in [6, 6.07) is 6.62. The molecular formula is C16H24N2O2S.